The SMILES string of the molecule is Nc1nc(N)c(Br)cc1Br. The van der Waals surface area contributed by atoms with Gasteiger partial charge in [0.05, 0.1) is 8.95 Å². The molecule has 0 bridgehead atoms. The Bertz CT molecular complexity index is 211. The van der Waals surface area contributed by atoms with Gasteiger partial charge >= 0.3 is 0 Å². The summed E-state index contributed by atoms with van der Waals surface area (Å²) in [6.45, 7) is 0. The molecule has 10 heavy (non-hydrogen) atoms. The summed E-state index contributed by atoms with van der Waals surface area (Å²) in [7, 11) is 0. The highest BCUT2D eigenvalue weighted by Crippen LogP contribution is 2.25. The van der Waals surface area contributed by atoms with Gasteiger partial charge in [0.25, 0.3) is 0 Å². The maximum absolute atomic E-state index is 5.43. The van der Waals surface area contributed by atoms with Gasteiger partial charge in [-0.25, -0.2) is 4.98 Å². The van der Waals surface area contributed by atoms with Crippen LogP contribution in [0.25, 0.3) is 0 Å². The van der Waals surface area contributed by atoms with Crippen molar-refractivity contribution in [2.45, 2.75) is 0 Å². The zero-order chi connectivity index (χ0) is 7.72. The molecule has 0 saturated heterocycles. The molecule has 0 aliphatic heterocycles. The van der Waals surface area contributed by atoms with E-state index in [1.54, 1.807) is 6.07 Å². The molecule has 4 N–H and O–H groups in total. The third-order valence-electron chi connectivity index (χ3n) is 0.984. The van der Waals surface area contributed by atoms with E-state index in [1.165, 1.54) is 0 Å². The molecule has 0 saturated carbocycles. The van der Waals surface area contributed by atoms with Gasteiger partial charge in [-0.15, -0.1) is 0 Å². The second-order valence-corrected chi connectivity index (χ2v) is 3.43. The van der Waals surface area contributed by atoms with Crippen molar-refractivity contribution in [2.75, 3.05) is 11.5 Å². The minimum Gasteiger partial charge on any atom is -0.383 e. The molecule has 0 unspecified atom stereocenters. The molecule has 54 valence electrons. The molecule has 1 heterocycles. The third kappa shape index (κ3) is 1.41. The molecule has 0 fully saturated rings. The van der Waals surface area contributed by atoms with E-state index in [0.717, 1.165) is 8.95 Å². The number of halogens is 2. The Morgan fingerprint density at radius 2 is 1.50 bits per heavy atom. The van der Waals surface area contributed by atoms with Gasteiger partial charge in [0.2, 0.25) is 0 Å². The van der Waals surface area contributed by atoms with Crippen LogP contribution < -0.4 is 11.5 Å². The second kappa shape index (κ2) is 2.75. The summed E-state index contributed by atoms with van der Waals surface area (Å²) < 4.78 is 1.49. The van der Waals surface area contributed by atoms with E-state index in [4.69, 9.17) is 11.5 Å². The molecule has 1 rings (SSSR count). The zero-order valence-corrected chi connectivity index (χ0v) is 8.11. The fourth-order valence-corrected chi connectivity index (χ4v) is 1.44. The fraction of sp³-hybridized carbons (Fsp3) is 0. The lowest BCUT2D eigenvalue weighted by molar-refractivity contribution is 1.31. The van der Waals surface area contributed by atoms with Crippen molar-refractivity contribution < 1.29 is 0 Å². The van der Waals surface area contributed by atoms with Crippen LogP contribution in [0.2, 0.25) is 0 Å². The second-order valence-electron chi connectivity index (χ2n) is 1.72. The summed E-state index contributed by atoms with van der Waals surface area (Å²) in [6.07, 6.45) is 0. The number of hydrogen-bond donors (Lipinski definition) is 2. The molecular weight excluding hydrogens is 262 g/mol. The van der Waals surface area contributed by atoms with Gasteiger partial charge < -0.3 is 11.5 Å². The molecule has 1 aromatic heterocycles. The van der Waals surface area contributed by atoms with E-state index >= 15 is 0 Å². The molecule has 0 aliphatic rings. The first-order chi connectivity index (χ1) is 4.61. The summed E-state index contributed by atoms with van der Waals surface area (Å²) in [5, 5.41) is 0. The van der Waals surface area contributed by atoms with E-state index in [0.29, 0.717) is 11.6 Å². The van der Waals surface area contributed by atoms with Crippen molar-refractivity contribution in [1.29, 1.82) is 0 Å². The van der Waals surface area contributed by atoms with Crippen LogP contribution in [0.4, 0.5) is 11.6 Å². The van der Waals surface area contributed by atoms with Gasteiger partial charge in [0.15, 0.2) is 0 Å². The minimum absolute atomic E-state index is 0.403. The summed E-state index contributed by atoms with van der Waals surface area (Å²) in [5.74, 6) is 0.807. The summed E-state index contributed by atoms with van der Waals surface area (Å²) in [6, 6.07) is 1.76. The average molecular weight is 267 g/mol. The molecule has 0 radical (unpaired) electrons. The Labute approximate surface area is 75.1 Å². The van der Waals surface area contributed by atoms with Crippen molar-refractivity contribution in [3.8, 4) is 0 Å². The molecule has 3 nitrogen and oxygen atoms in total. The largest absolute Gasteiger partial charge is 0.383 e. The van der Waals surface area contributed by atoms with Crippen molar-refractivity contribution in [2.24, 2.45) is 0 Å². The zero-order valence-electron chi connectivity index (χ0n) is 4.94. The van der Waals surface area contributed by atoms with E-state index in [9.17, 15) is 0 Å². The first-order valence-electron chi connectivity index (χ1n) is 2.48. The molecule has 5 heteroatoms. The standard InChI is InChI=1S/C5H5Br2N3/c6-2-1-3(7)5(9)10-4(2)8/h1H,(H4,8,9,10). The van der Waals surface area contributed by atoms with Crippen LogP contribution in [0.15, 0.2) is 15.0 Å². The van der Waals surface area contributed by atoms with Gasteiger partial charge in [-0.2, -0.15) is 0 Å². The van der Waals surface area contributed by atoms with Crippen LogP contribution in [0, 0.1) is 0 Å². The monoisotopic (exact) mass is 265 g/mol. The van der Waals surface area contributed by atoms with Crippen LogP contribution in [-0.2, 0) is 0 Å². The Morgan fingerprint density at radius 1 is 1.10 bits per heavy atom. The summed E-state index contributed by atoms with van der Waals surface area (Å²) in [5.41, 5.74) is 10.9. The van der Waals surface area contributed by atoms with Gasteiger partial charge in [-0.1, -0.05) is 0 Å². The van der Waals surface area contributed by atoms with Crippen LogP contribution in [0.3, 0.4) is 0 Å². The minimum atomic E-state index is 0.403. The molecule has 0 aliphatic carbocycles. The highest BCUT2D eigenvalue weighted by molar-refractivity contribution is 9.11. The van der Waals surface area contributed by atoms with E-state index in [1.807, 2.05) is 0 Å². The highest BCUT2D eigenvalue weighted by atomic mass is 79.9. The van der Waals surface area contributed by atoms with Gasteiger partial charge in [-0.05, 0) is 37.9 Å². The number of rotatable bonds is 0. The smallest absolute Gasteiger partial charge is 0.140 e. The lowest BCUT2D eigenvalue weighted by atomic mass is 10.4. The Morgan fingerprint density at radius 3 is 1.80 bits per heavy atom. The van der Waals surface area contributed by atoms with Crippen LogP contribution >= 0.6 is 31.9 Å². The van der Waals surface area contributed by atoms with Gasteiger partial charge in [0.1, 0.15) is 11.6 Å². The topological polar surface area (TPSA) is 64.9 Å². The van der Waals surface area contributed by atoms with Crippen LogP contribution in [-0.4, -0.2) is 4.98 Å². The highest BCUT2D eigenvalue weighted by Gasteiger charge is 2.01. The van der Waals surface area contributed by atoms with Crippen molar-refractivity contribution in [1.82, 2.24) is 4.98 Å². The Hall–Kier alpha value is -0.290. The van der Waals surface area contributed by atoms with Crippen molar-refractivity contribution in [3.63, 3.8) is 0 Å². The van der Waals surface area contributed by atoms with E-state index in [-0.39, 0.29) is 0 Å². The maximum atomic E-state index is 5.43. The normalized spacial score (nSPS) is 9.80. The summed E-state index contributed by atoms with van der Waals surface area (Å²) in [4.78, 5) is 3.83. The van der Waals surface area contributed by atoms with Gasteiger partial charge in [0, 0.05) is 0 Å². The summed E-state index contributed by atoms with van der Waals surface area (Å²) >= 11 is 6.41. The number of aromatic nitrogens is 1. The average Bonchev–Trinajstić information content (AvgIpc) is 1.84. The van der Waals surface area contributed by atoms with Crippen LogP contribution in [0.1, 0.15) is 0 Å². The first-order valence-corrected chi connectivity index (χ1v) is 4.07. The lowest BCUT2D eigenvalue weighted by Crippen LogP contribution is -1.97. The number of hydrogen-bond acceptors (Lipinski definition) is 3. The number of anilines is 2. The molecule has 0 spiro atoms. The fourth-order valence-electron chi connectivity index (χ4n) is 0.496. The van der Waals surface area contributed by atoms with E-state index in [2.05, 4.69) is 36.8 Å². The number of nitrogens with two attached hydrogens (primary N) is 2. The van der Waals surface area contributed by atoms with Crippen LogP contribution in [0.5, 0.6) is 0 Å². The quantitative estimate of drug-likeness (QED) is 0.752. The third-order valence-corrected chi connectivity index (χ3v) is 2.25. The predicted octanol–water partition coefficient (Wildman–Crippen LogP) is 1.77. The lowest BCUT2D eigenvalue weighted by Gasteiger charge is -1.99. The maximum Gasteiger partial charge on any atom is 0.140 e. The van der Waals surface area contributed by atoms with E-state index < -0.39 is 0 Å². The number of pyridine rings is 1. The molecule has 0 amide bonds. The Balaban J connectivity index is 3.28. The molecular formula is C5H5Br2N3. The van der Waals surface area contributed by atoms with Crippen molar-refractivity contribution in [3.05, 3.63) is 15.0 Å². The Kier molecular flexibility index (Phi) is 2.15. The number of nitrogens with zero attached hydrogens (tertiary/aromatic N) is 1. The van der Waals surface area contributed by atoms with Gasteiger partial charge in [-0.3, -0.25) is 0 Å². The first kappa shape index (κ1) is 7.81. The molecule has 0 atom stereocenters. The van der Waals surface area contributed by atoms with Crippen molar-refractivity contribution >= 4 is 43.5 Å². The molecule has 1 aromatic rings. The number of nitrogen functional groups attached to an aromatic ring is 2. The molecule has 0 aromatic carbocycles. The predicted molar refractivity (Wildman–Crippen MR) is 48.5 cm³/mol.